The molecule has 2 aromatic heterocycles. The summed E-state index contributed by atoms with van der Waals surface area (Å²) < 4.78 is 9.06. The third kappa shape index (κ3) is 3.30. The highest BCUT2D eigenvalue weighted by Gasteiger charge is 2.33. The molecule has 3 heterocycles. The summed E-state index contributed by atoms with van der Waals surface area (Å²) in [6.45, 7) is 1.90. The molecule has 3 aromatic rings. The van der Waals surface area contributed by atoms with Crippen LogP contribution in [-0.2, 0) is 17.6 Å². The fourth-order valence-corrected chi connectivity index (χ4v) is 4.24. The second-order valence-electron chi connectivity index (χ2n) is 6.49. The summed E-state index contributed by atoms with van der Waals surface area (Å²) in [4.78, 5) is 9.03. The van der Waals surface area contributed by atoms with Crippen molar-refractivity contribution in [3.63, 3.8) is 0 Å². The van der Waals surface area contributed by atoms with E-state index in [0.717, 1.165) is 33.1 Å². The van der Waals surface area contributed by atoms with Gasteiger partial charge in [-0.15, -0.1) is 0 Å². The Labute approximate surface area is 160 Å². The van der Waals surface area contributed by atoms with Crippen LogP contribution in [0.25, 0.3) is 11.0 Å². The van der Waals surface area contributed by atoms with Crippen LogP contribution in [0.15, 0.2) is 42.9 Å². The van der Waals surface area contributed by atoms with E-state index in [1.54, 1.807) is 6.33 Å². The van der Waals surface area contributed by atoms with E-state index in [2.05, 4.69) is 63.0 Å². The van der Waals surface area contributed by atoms with Gasteiger partial charge in [0.15, 0.2) is 0 Å². The highest BCUT2D eigenvalue weighted by Crippen LogP contribution is 2.34. The predicted octanol–water partition coefficient (Wildman–Crippen LogP) is 3.49. The van der Waals surface area contributed by atoms with E-state index >= 15 is 0 Å². The molecule has 0 amide bonds. The van der Waals surface area contributed by atoms with Gasteiger partial charge < -0.3 is 14.4 Å². The molecule has 1 aliphatic rings. The maximum Gasteiger partial charge on any atom is 0.146 e. The SMILES string of the molecule is C[C@H]1O[C@@H](n2cc(I)c3c(CCc4ccccc4)ncnc32)C[C@@H]1O. The van der Waals surface area contributed by atoms with Gasteiger partial charge in [-0.05, 0) is 47.9 Å². The lowest BCUT2D eigenvalue weighted by molar-refractivity contribution is -0.00613. The van der Waals surface area contributed by atoms with Gasteiger partial charge in [-0.1, -0.05) is 30.3 Å². The summed E-state index contributed by atoms with van der Waals surface area (Å²) >= 11 is 2.34. The van der Waals surface area contributed by atoms with Crippen LogP contribution < -0.4 is 0 Å². The molecule has 4 rings (SSSR count). The summed E-state index contributed by atoms with van der Waals surface area (Å²) in [7, 11) is 0. The largest absolute Gasteiger partial charge is 0.390 e. The number of ether oxygens (including phenoxy) is 1. The number of rotatable bonds is 4. The maximum absolute atomic E-state index is 10.0. The number of fused-ring (bicyclic) bond motifs is 1. The molecule has 1 aromatic carbocycles. The summed E-state index contributed by atoms with van der Waals surface area (Å²) in [6, 6.07) is 10.4. The molecule has 1 fully saturated rings. The van der Waals surface area contributed by atoms with Crippen LogP contribution >= 0.6 is 22.6 Å². The van der Waals surface area contributed by atoms with Crippen molar-refractivity contribution in [1.82, 2.24) is 14.5 Å². The fraction of sp³-hybridized carbons (Fsp3) is 0.368. The molecule has 0 aliphatic carbocycles. The van der Waals surface area contributed by atoms with E-state index in [4.69, 9.17) is 4.74 Å². The molecular weight excluding hydrogens is 429 g/mol. The van der Waals surface area contributed by atoms with Gasteiger partial charge in [0.25, 0.3) is 0 Å². The fourth-order valence-electron chi connectivity index (χ4n) is 3.39. The number of hydrogen-bond acceptors (Lipinski definition) is 4. The van der Waals surface area contributed by atoms with Crippen LogP contribution in [0.4, 0.5) is 0 Å². The molecule has 1 saturated heterocycles. The van der Waals surface area contributed by atoms with E-state index in [1.807, 2.05) is 17.6 Å². The zero-order chi connectivity index (χ0) is 17.4. The molecule has 0 radical (unpaired) electrons. The van der Waals surface area contributed by atoms with Gasteiger partial charge in [-0.25, -0.2) is 9.97 Å². The number of aliphatic hydroxyl groups excluding tert-OH is 1. The zero-order valence-corrected chi connectivity index (χ0v) is 16.1. The van der Waals surface area contributed by atoms with Crippen LogP contribution in [0.3, 0.4) is 0 Å². The van der Waals surface area contributed by atoms with Gasteiger partial charge in [0.2, 0.25) is 0 Å². The van der Waals surface area contributed by atoms with Gasteiger partial charge in [0, 0.05) is 16.2 Å². The van der Waals surface area contributed by atoms with Crippen LogP contribution in [0, 0.1) is 3.57 Å². The van der Waals surface area contributed by atoms with E-state index in [9.17, 15) is 5.11 Å². The molecule has 0 saturated carbocycles. The maximum atomic E-state index is 10.0. The first-order valence-electron chi connectivity index (χ1n) is 8.51. The van der Waals surface area contributed by atoms with E-state index < -0.39 is 6.10 Å². The van der Waals surface area contributed by atoms with Crippen molar-refractivity contribution in [2.75, 3.05) is 0 Å². The Bertz CT molecular complexity index is 871. The summed E-state index contributed by atoms with van der Waals surface area (Å²) in [5, 5.41) is 11.1. The number of aryl methyl sites for hydroxylation is 2. The molecule has 1 N–H and O–H groups in total. The van der Waals surface area contributed by atoms with Gasteiger partial charge in [-0.3, -0.25) is 0 Å². The summed E-state index contributed by atoms with van der Waals surface area (Å²) in [5.41, 5.74) is 3.25. The van der Waals surface area contributed by atoms with Crippen LogP contribution in [0.5, 0.6) is 0 Å². The first kappa shape index (κ1) is 16.9. The van der Waals surface area contributed by atoms with Crippen LogP contribution in [0.2, 0.25) is 0 Å². The number of benzene rings is 1. The number of hydrogen-bond donors (Lipinski definition) is 1. The van der Waals surface area contributed by atoms with Crippen molar-refractivity contribution in [1.29, 1.82) is 0 Å². The Balaban J connectivity index is 1.66. The number of halogens is 1. The summed E-state index contributed by atoms with van der Waals surface area (Å²) in [6.07, 6.45) is 5.33. The van der Waals surface area contributed by atoms with E-state index in [-0.39, 0.29) is 12.3 Å². The summed E-state index contributed by atoms with van der Waals surface area (Å²) in [5.74, 6) is 0. The molecule has 0 unspecified atom stereocenters. The molecule has 5 nitrogen and oxygen atoms in total. The Morgan fingerprint density at radius 3 is 2.76 bits per heavy atom. The Morgan fingerprint density at radius 1 is 1.24 bits per heavy atom. The van der Waals surface area contributed by atoms with Crippen molar-refractivity contribution in [3.05, 3.63) is 57.7 Å². The third-order valence-electron chi connectivity index (χ3n) is 4.80. The lowest BCUT2D eigenvalue weighted by Gasteiger charge is -2.13. The van der Waals surface area contributed by atoms with Crippen molar-refractivity contribution < 1.29 is 9.84 Å². The van der Waals surface area contributed by atoms with Crippen molar-refractivity contribution in [2.24, 2.45) is 0 Å². The lowest BCUT2D eigenvalue weighted by atomic mass is 10.1. The Morgan fingerprint density at radius 2 is 2.04 bits per heavy atom. The molecule has 3 atom stereocenters. The topological polar surface area (TPSA) is 60.2 Å². The minimum atomic E-state index is -0.431. The van der Waals surface area contributed by atoms with Crippen LogP contribution in [-0.4, -0.2) is 31.8 Å². The molecule has 25 heavy (non-hydrogen) atoms. The smallest absolute Gasteiger partial charge is 0.146 e. The average Bonchev–Trinajstić information content (AvgIpc) is 3.14. The zero-order valence-electron chi connectivity index (χ0n) is 14.0. The highest BCUT2D eigenvalue weighted by atomic mass is 127. The van der Waals surface area contributed by atoms with E-state index in [0.29, 0.717) is 6.42 Å². The number of nitrogens with zero attached hydrogens (tertiary/aromatic N) is 3. The second kappa shape index (κ2) is 7.01. The normalized spacial score (nSPS) is 23.4. The Kier molecular flexibility index (Phi) is 4.75. The monoisotopic (exact) mass is 449 g/mol. The highest BCUT2D eigenvalue weighted by molar-refractivity contribution is 14.1. The van der Waals surface area contributed by atoms with Crippen molar-refractivity contribution >= 4 is 33.6 Å². The minimum Gasteiger partial charge on any atom is -0.390 e. The van der Waals surface area contributed by atoms with Crippen molar-refractivity contribution in [3.8, 4) is 0 Å². The standard InChI is InChI=1S/C19H20IN3O2/c1-12-16(24)9-17(25-12)23-10-14(20)18-15(21-11-22-19(18)23)8-7-13-5-3-2-4-6-13/h2-6,10-12,16-17,24H,7-9H2,1H3/t12-,16+,17-/m1/s1. The predicted molar refractivity (Wildman–Crippen MR) is 104 cm³/mol. The third-order valence-corrected chi connectivity index (χ3v) is 5.62. The first-order valence-corrected chi connectivity index (χ1v) is 9.58. The second-order valence-corrected chi connectivity index (χ2v) is 7.65. The lowest BCUT2D eigenvalue weighted by Crippen LogP contribution is -2.15. The molecule has 1 aliphatic heterocycles. The van der Waals surface area contributed by atoms with Crippen LogP contribution in [0.1, 0.15) is 30.8 Å². The first-order chi connectivity index (χ1) is 12.1. The quantitative estimate of drug-likeness (QED) is 0.620. The molecule has 6 heteroatoms. The van der Waals surface area contributed by atoms with Crippen molar-refractivity contribution in [2.45, 2.75) is 44.6 Å². The number of aliphatic hydroxyl groups is 1. The number of aromatic nitrogens is 3. The van der Waals surface area contributed by atoms with Gasteiger partial charge in [0.1, 0.15) is 18.2 Å². The Hall–Kier alpha value is -1.51. The van der Waals surface area contributed by atoms with Gasteiger partial charge >= 0.3 is 0 Å². The molecule has 130 valence electrons. The average molecular weight is 449 g/mol. The molecule has 0 bridgehead atoms. The van der Waals surface area contributed by atoms with Gasteiger partial charge in [-0.2, -0.15) is 0 Å². The molecule has 0 spiro atoms. The van der Waals surface area contributed by atoms with Gasteiger partial charge in [0.05, 0.1) is 23.3 Å². The van der Waals surface area contributed by atoms with E-state index in [1.165, 1.54) is 5.56 Å². The molecular formula is C19H20IN3O2. The minimum absolute atomic E-state index is 0.153.